The van der Waals surface area contributed by atoms with Gasteiger partial charge in [-0.2, -0.15) is 0 Å². The molecular weight excluding hydrogens is 288 g/mol. The summed E-state index contributed by atoms with van der Waals surface area (Å²) in [6, 6.07) is 8.19. The van der Waals surface area contributed by atoms with E-state index in [1.165, 1.54) is 12.1 Å². The number of hydrogen-bond acceptors (Lipinski definition) is 4. The number of anilines is 2. The Hall–Kier alpha value is -1.59. The zero-order chi connectivity index (χ0) is 16.5. The van der Waals surface area contributed by atoms with Gasteiger partial charge in [0, 0.05) is 50.5 Å². The van der Waals surface area contributed by atoms with Crippen molar-refractivity contribution < 1.29 is 4.79 Å². The lowest BCUT2D eigenvalue weighted by atomic mass is 10.2. The van der Waals surface area contributed by atoms with Crippen molar-refractivity contribution in [3.05, 3.63) is 24.3 Å². The van der Waals surface area contributed by atoms with Crippen LogP contribution in [0, 0.1) is 0 Å². The van der Waals surface area contributed by atoms with E-state index in [4.69, 9.17) is 0 Å². The van der Waals surface area contributed by atoms with Gasteiger partial charge in [-0.1, -0.05) is 13.3 Å². The Kier molecular flexibility index (Phi) is 7.36. The molecule has 2 rings (SSSR count). The Morgan fingerprint density at radius 3 is 2.43 bits per heavy atom. The second-order valence-electron chi connectivity index (χ2n) is 6.24. The molecule has 0 bridgehead atoms. The summed E-state index contributed by atoms with van der Waals surface area (Å²) in [5, 5.41) is 6.25. The Bertz CT molecular complexity index is 466. The molecule has 128 valence electrons. The number of amides is 1. The number of hydrogen-bond donors (Lipinski definition) is 2. The molecule has 1 heterocycles. The van der Waals surface area contributed by atoms with Crippen LogP contribution >= 0.6 is 0 Å². The fourth-order valence-electron chi connectivity index (χ4n) is 2.67. The standard InChI is InChI=1S/C18H30N4O/c1-3-4-10-19-11-9-18(23)20-16-5-7-17(8-6-16)22-14-12-21(2)13-15-22/h5-8,19H,3-4,9-15H2,1-2H3,(H,20,23). The van der Waals surface area contributed by atoms with Gasteiger partial charge in [0.05, 0.1) is 0 Å². The zero-order valence-electron chi connectivity index (χ0n) is 14.5. The van der Waals surface area contributed by atoms with Gasteiger partial charge in [-0.25, -0.2) is 0 Å². The van der Waals surface area contributed by atoms with Gasteiger partial charge in [-0.3, -0.25) is 4.79 Å². The molecule has 1 fully saturated rings. The first-order valence-electron chi connectivity index (χ1n) is 8.73. The molecular formula is C18H30N4O. The second-order valence-corrected chi connectivity index (χ2v) is 6.24. The molecule has 23 heavy (non-hydrogen) atoms. The normalized spacial score (nSPS) is 15.7. The number of benzene rings is 1. The third-order valence-electron chi connectivity index (χ3n) is 4.26. The molecule has 0 unspecified atom stereocenters. The molecule has 0 aromatic heterocycles. The van der Waals surface area contributed by atoms with Crippen molar-refractivity contribution in [2.75, 3.05) is 56.5 Å². The second kappa shape index (κ2) is 9.53. The molecule has 2 N–H and O–H groups in total. The Labute approximate surface area is 140 Å². The van der Waals surface area contributed by atoms with Gasteiger partial charge in [0.25, 0.3) is 0 Å². The molecule has 1 aliphatic heterocycles. The molecule has 1 aromatic rings. The summed E-state index contributed by atoms with van der Waals surface area (Å²) in [7, 11) is 2.16. The Morgan fingerprint density at radius 1 is 1.09 bits per heavy atom. The van der Waals surface area contributed by atoms with E-state index in [9.17, 15) is 4.79 Å². The maximum atomic E-state index is 11.9. The highest BCUT2D eigenvalue weighted by Crippen LogP contribution is 2.19. The highest BCUT2D eigenvalue weighted by atomic mass is 16.1. The Balaban J connectivity index is 1.73. The van der Waals surface area contributed by atoms with Crippen molar-refractivity contribution in [3.63, 3.8) is 0 Å². The quantitative estimate of drug-likeness (QED) is 0.721. The minimum Gasteiger partial charge on any atom is -0.369 e. The van der Waals surface area contributed by atoms with E-state index in [0.717, 1.165) is 51.4 Å². The molecule has 1 saturated heterocycles. The molecule has 0 saturated carbocycles. The van der Waals surface area contributed by atoms with Gasteiger partial charge in [0.15, 0.2) is 0 Å². The van der Waals surface area contributed by atoms with E-state index < -0.39 is 0 Å². The van der Waals surface area contributed by atoms with Gasteiger partial charge in [-0.15, -0.1) is 0 Å². The molecule has 1 aliphatic rings. The average molecular weight is 318 g/mol. The van der Waals surface area contributed by atoms with E-state index in [0.29, 0.717) is 6.42 Å². The van der Waals surface area contributed by atoms with E-state index in [1.807, 2.05) is 12.1 Å². The number of piperazine rings is 1. The first-order valence-corrected chi connectivity index (χ1v) is 8.73. The molecule has 1 amide bonds. The summed E-state index contributed by atoms with van der Waals surface area (Å²) in [5.74, 6) is 0.0707. The van der Waals surface area contributed by atoms with Crippen molar-refractivity contribution in [1.82, 2.24) is 10.2 Å². The van der Waals surface area contributed by atoms with Crippen molar-refractivity contribution in [2.45, 2.75) is 26.2 Å². The largest absolute Gasteiger partial charge is 0.369 e. The highest BCUT2D eigenvalue weighted by Gasteiger charge is 2.14. The topological polar surface area (TPSA) is 47.6 Å². The average Bonchev–Trinajstić information content (AvgIpc) is 2.56. The summed E-state index contributed by atoms with van der Waals surface area (Å²) >= 11 is 0. The van der Waals surface area contributed by atoms with Gasteiger partial charge in [-0.05, 0) is 44.3 Å². The van der Waals surface area contributed by atoms with Crippen LogP contribution < -0.4 is 15.5 Å². The summed E-state index contributed by atoms with van der Waals surface area (Å²) in [4.78, 5) is 16.6. The van der Waals surface area contributed by atoms with E-state index in [1.54, 1.807) is 0 Å². The zero-order valence-corrected chi connectivity index (χ0v) is 14.5. The van der Waals surface area contributed by atoms with Crippen LogP contribution in [0.2, 0.25) is 0 Å². The molecule has 5 heteroatoms. The van der Waals surface area contributed by atoms with E-state index >= 15 is 0 Å². The van der Waals surface area contributed by atoms with Gasteiger partial charge in [0.2, 0.25) is 5.91 Å². The minimum atomic E-state index is 0.0707. The lowest BCUT2D eigenvalue weighted by Crippen LogP contribution is -2.44. The number of likely N-dealkylation sites (N-methyl/N-ethyl adjacent to an activating group) is 1. The van der Waals surface area contributed by atoms with Crippen LogP contribution in [0.3, 0.4) is 0 Å². The number of carbonyl (C=O) groups is 1. The molecule has 0 spiro atoms. The monoisotopic (exact) mass is 318 g/mol. The molecule has 0 atom stereocenters. The van der Waals surface area contributed by atoms with Gasteiger partial charge >= 0.3 is 0 Å². The summed E-state index contributed by atoms with van der Waals surface area (Å²) < 4.78 is 0. The van der Waals surface area contributed by atoms with Crippen molar-refractivity contribution >= 4 is 17.3 Å². The van der Waals surface area contributed by atoms with E-state index in [2.05, 4.69) is 46.5 Å². The molecule has 1 aromatic carbocycles. The van der Waals surface area contributed by atoms with Crippen LogP contribution in [-0.2, 0) is 4.79 Å². The molecule has 0 radical (unpaired) electrons. The van der Waals surface area contributed by atoms with Crippen molar-refractivity contribution in [1.29, 1.82) is 0 Å². The van der Waals surface area contributed by atoms with Crippen LogP contribution in [0.15, 0.2) is 24.3 Å². The maximum Gasteiger partial charge on any atom is 0.225 e. The number of carbonyl (C=O) groups excluding carboxylic acids is 1. The summed E-state index contributed by atoms with van der Waals surface area (Å²) in [6.07, 6.45) is 2.86. The third kappa shape index (κ3) is 6.20. The number of rotatable bonds is 8. The third-order valence-corrected chi connectivity index (χ3v) is 4.26. The van der Waals surface area contributed by atoms with Crippen molar-refractivity contribution in [3.8, 4) is 0 Å². The van der Waals surface area contributed by atoms with Crippen LogP contribution in [0.1, 0.15) is 26.2 Å². The Morgan fingerprint density at radius 2 is 1.78 bits per heavy atom. The maximum absolute atomic E-state index is 11.9. The van der Waals surface area contributed by atoms with Crippen LogP contribution in [-0.4, -0.2) is 57.1 Å². The molecule has 5 nitrogen and oxygen atoms in total. The highest BCUT2D eigenvalue weighted by molar-refractivity contribution is 5.91. The van der Waals surface area contributed by atoms with Crippen molar-refractivity contribution in [2.24, 2.45) is 0 Å². The SMILES string of the molecule is CCCCNCCC(=O)Nc1ccc(N2CCN(C)CC2)cc1. The number of nitrogens with zero attached hydrogens (tertiary/aromatic N) is 2. The lowest BCUT2D eigenvalue weighted by Gasteiger charge is -2.34. The lowest BCUT2D eigenvalue weighted by molar-refractivity contribution is -0.116. The fraction of sp³-hybridized carbons (Fsp3) is 0.611. The fourth-order valence-corrected chi connectivity index (χ4v) is 2.67. The smallest absolute Gasteiger partial charge is 0.225 e. The summed E-state index contributed by atoms with van der Waals surface area (Å²) in [6.45, 7) is 8.22. The minimum absolute atomic E-state index is 0.0707. The molecule has 0 aliphatic carbocycles. The van der Waals surface area contributed by atoms with Crippen LogP contribution in [0.4, 0.5) is 11.4 Å². The first-order chi connectivity index (χ1) is 11.2. The predicted octanol–water partition coefficient (Wildman–Crippen LogP) is 2.16. The number of nitrogens with one attached hydrogen (secondary N) is 2. The van der Waals surface area contributed by atoms with Gasteiger partial charge < -0.3 is 20.4 Å². The predicted molar refractivity (Wildman–Crippen MR) is 97.2 cm³/mol. The van der Waals surface area contributed by atoms with E-state index in [-0.39, 0.29) is 5.91 Å². The first kappa shape index (κ1) is 17.8. The van der Waals surface area contributed by atoms with Crippen LogP contribution in [0.5, 0.6) is 0 Å². The van der Waals surface area contributed by atoms with Gasteiger partial charge in [0.1, 0.15) is 0 Å². The van der Waals surface area contributed by atoms with Crippen LogP contribution in [0.25, 0.3) is 0 Å². The summed E-state index contributed by atoms with van der Waals surface area (Å²) in [5.41, 5.74) is 2.11. The number of unbranched alkanes of at least 4 members (excludes halogenated alkanes) is 1.